The van der Waals surface area contributed by atoms with Crippen LogP contribution in [-0.4, -0.2) is 48.0 Å². The number of hydrogen-bond donors (Lipinski definition) is 1. The molecule has 19 heavy (non-hydrogen) atoms. The Bertz CT molecular complexity index is 349. The highest BCUT2D eigenvalue weighted by Crippen LogP contribution is 2.43. The number of thioether (sulfide) groups is 1. The van der Waals surface area contributed by atoms with Crippen molar-refractivity contribution in [3.8, 4) is 0 Å². The standard InChI is InChI=1S/C15H27N3S/c1-12-9-13(5-8-18(12)2)17-14-16-10-15(11-19-14)6-3-4-7-15/h12-13H,3-11H2,1-2H3,(H,16,17). The van der Waals surface area contributed by atoms with Crippen molar-refractivity contribution in [2.45, 2.75) is 57.5 Å². The van der Waals surface area contributed by atoms with E-state index >= 15 is 0 Å². The van der Waals surface area contributed by atoms with E-state index < -0.39 is 0 Å². The summed E-state index contributed by atoms with van der Waals surface area (Å²) < 4.78 is 0. The number of aliphatic imine (C=N–C) groups is 1. The zero-order chi connectivity index (χ0) is 13.3. The van der Waals surface area contributed by atoms with E-state index in [4.69, 9.17) is 4.99 Å². The Balaban J connectivity index is 1.52. The average Bonchev–Trinajstić information content (AvgIpc) is 2.86. The molecule has 1 saturated heterocycles. The molecule has 1 aliphatic carbocycles. The topological polar surface area (TPSA) is 27.6 Å². The Labute approximate surface area is 121 Å². The molecule has 0 bridgehead atoms. The largest absolute Gasteiger partial charge is 0.362 e. The van der Waals surface area contributed by atoms with Crippen LogP contribution in [0, 0.1) is 5.41 Å². The van der Waals surface area contributed by atoms with Crippen molar-refractivity contribution in [2.24, 2.45) is 10.4 Å². The number of likely N-dealkylation sites (tertiary alicyclic amines) is 1. The molecule has 2 atom stereocenters. The molecule has 2 aliphatic heterocycles. The molecule has 0 aromatic heterocycles. The molecule has 1 N–H and O–H groups in total. The van der Waals surface area contributed by atoms with Crippen molar-refractivity contribution in [3.63, 3.8) is 0 Å². The van der Waals surface area contributed by atoms with E-state index in [1.807, 2.05) is 11.8 Å². The highest BCUT2D eigenvalue weighted by atomic mass is 32.2. The van der Waals surface area contributed by atoms with Crippen LogP contribution >= 0.6 is 11.8 Å². The van der Waals surface area contributed by atoms with E-state index in [1.54, 1.807) is 0 Å². The van der Waals surface area contributed by atoms with Crippen molar-refractivity contribution in [1.82, 2.24) is 10.2 Å². The molecule has 3 aliphatic rings. The van der Waals surface area contributed by atoms with Crippen molar-refractivity contribution < 1.29 is 0 Å². The van der Waals surface area contributed by atoms with Gasteiger partial charge in [0.05, 0.1) is 0 Å². The fourth-order valence-corrected chi connectivity index (χ4v) is 4.89. The van der Waals surface area contributed by atoms with E-state index in [0.29, 0.717) is 17.5 Å². The van der Waals surface area contributed by atoms with E-state index in [0.717, 1.165) is 6.54 Å². The van der Waals surface area contributed by atoms with Gasteiger partial charge < -0.3 is 10.2 Å². The van der Waals surface area contributed by atoms with Crippen molar-refractivity contribution in [1.29, 1.82) is 0 Å². The van der Waals surface area contributed by atoms with Crippen molar-refractivity contribution in [2.75, 3.05) is 25.9 Å². The molecule has 3 rings (SSSR count). The SMILES string of the molecule is CC1CC(NC2=NCC3(CCCC3)CS2)CCN1C. The molecule has 2 heterocycles. The van der Waals surface area contributed by atoms with Gasteiger partial charge in [-0.1, -0.05) is 24.6 Å². The van der Waals surface area contributed by atoms with Crippen LogP contribution in [-0.2, 0) is 0 Å². The molecular weight excluding hydrogens is 254 g/mol. The summed E-state index contributed by atoms with van der Waals surface area (Å²) in [6.45, 7) is 4.61. The summed E-state index contributed by atoms with van der Waals surface area (Å²) in [5.74, 6) is 1.29. The third kappa shape index (κ3) is 3.10. The van der Waals surface area contributed by atoms with Crippen LogP contribution in [0.2, 0.25) is 0 Å². The summed E-state index contributed by atoms with van der Waals surface area (Å²) in [5, 5.41) is 4.92. The Morgan fingerprint density at radius 3 is 2.79 bits per heavy atom. The maximum atomic E-state index is 4.86. The lowest BCUT2D eigenvalue weighted by molar-refractivity contribution is 0.177. The van der Waals surface area contributed by atoms with E-state index in [2.05, 4.69) is 24.2 Å². The predicted molar refractivity (Wildman–Crippen MR) is 83.9 cm³/mol. The van der Waals surface area contributed by atoms with Crippen LogP contribution < -0.4 is 5.32 Å². The number of piperidine rings is 1. The highest BCUT2D eigenvalue weighted by molar-refractivity contribution is 8.13. The first-order valence-corrected chi connectivity index (χ1v) is 8.79. The van der Waals surface area contributed by atoms with Crippen LogP contribution in [0.15, 0.2) is 4.99 Å². The number of nitrogens with one attached hydrogen (secondary N) is 1. The quantitative estimate of drug-likeness (QED) is 0.801. The summed E-state index contributed by atoms with van der Waals surface area (Å²) >= 11 is 1.98. The summed E-state index contributed by atoms with van der Waals surface area (Å²) in [6.07, 6.45) is 8.16. The van der Waals surface area contributed by atoms with Crippen LogP contribution in [0.5, 0.6) is 0 Å². The van der Waals surface area contributed by atoms with Gasteiger partial charge in [-0.15, -0.1) is 0 Å². The van der Waals surface area contributed by atoms with Gasteiger partial charge in [0.25, 0.3) is 0 Å². The third-order valence-electron chi connectivity index (χ3n) is 5.27. The first-order chi connectivity index (χ1) is 9.17. The lowest BCUT2D eigenvalue weighted by atomic mass is 9.89. The molecule has 1 spiro atoms. The lowest BCUT2D eigenvalue weighted by Gasteiger charge is -2.37. The first-order valence-electron chi connectivity index (χ1n) is 7.81. The van der Waals surface area contributed by atoms with Gasteiger partial charge >= 0.3 is 0 Å². The minimum Gasteiger partial charge on any atom is -0.362 e. The fourth-order valence-electron chi connectivity index (χ4n) is 3.66. The molecule has 108 valence electrons. The molecule has 0 aromatic carbocycles. The third-order valence-corrected chi connectivity index (χ3v) is 6.55. The second-order valence-electron chi connectivity index (χ2n) is 6.81. The molecule has 3 nitrogen and oxygen atoms in total. The summed E-state index contributed by atoms with van der Waals surface area (Å²) in [4.78, 5) is 7.32. The monoisotopic (exact) mass is 281 g/mol. The van der Waals surface area contributed by atoms with Gasteiger partial charge in [-0.25, -0.2) is 0 Å². The van der Waals surface area contributed by atoms with E-state index in [-0.39, 0.29) is 0 Å². The van der Waals surface area contributed by atoms with Gasteiger partial charge in [-0.3, -0.25) is 4.99 Å². The number of nitrogens with zero attached hydrogens (tertiary/aromatic N) is 2. The predicted octanol–water partition coefficient (Wildman–Crippen LogP) is 2.72. The summed E-state index contributed by atoms with van der Waals surface area (Å²) in [5.41, 5.74) is 0.565. The molecule has 4 heteroatoms. The van der Waals surface area contributed by atoms with Gasteiger partial charge in [0.15, 0.2) is 5.17 Å². The zero-order valence-corrected chi connectivity index (χ0v) is 13.1. The highest BCUT2D eigenvalue weighted by Gasteiger charge is 2.36. The normalized spacial score (nSPS) is 35.4. The second-order valence-corrected chi connectivity index (χ2v) is 7.78. The van der Waals surface area contributed by atoms with E-state index in [1.165, 1.54) is 56.0 Å². The molecular formula is C15H27N3S. The summed E-state index contributed by atoms with van der Waals surface area (Å²) in [6, 6.07) is 1.33. The number of rotatable bonds is 1. The lowest BCUT2D eigenvalue weighted by Crippen LogP contribution is -2.47. The molecule has 2 unspecified atom stereocenters. The van der Waals surface area contributed by atoms with Gasteiger partial charge in [0.1, 0.15) is 0 Å². The van der Waals surface area contributed by atoms with Crippen LogP contribution in [0.4, 0.5) is 0 Å². The minimum absolute atomic E-state index is 0.565. The smallest absolute Gasteiger partial charge is 0.156 e. The fraction of sp³-hybridized carbons (Fsp3) is 0.933. The van der Waals surface area contributed by atoms with Gasteiger partial charge in [0, 0.05) is 30.9 Å². The second kappa shape index (κ2) is 5.65. The summed E-state index contributed by atoms with van der Waals surface area (Å²) in [7, 11) is 2.23. The Hall–Kier alpha value is -0.220. The maximum Gasteiger partial charge on any atom is 0.156 e. The maximum absolute atomic E-state index is 4.86. The Morgan fingerprint density at radius 1 is 1.37 bits per heavy atom. The van der Waals surface area contributed by atoms with Crippen LogP contribution in [0.1, 0.15) is 45.4 Å². The van der Waals surface area contributed by atoms with E-state index in [9.17, 15) is 0 Å². The molecule has 0 radical (unpaired) electrons. The van der Waals surface area contributed by atoms with Gasteiger partial charge in [-0.2, -0.15) is 0 Å². The Morgan fingerprint density at radius 2 is 2.16 bits per heavy atom. The number of amidine groups is 1. The van der Waals surface area contributed by atoms with Crippen LogP contribution in [0.25, 0.3) is 0 Å². The average molecular weight is 281 g/mol. The molecule has 0 amide bonds. The molecule has 1 saturated carbocycles. The van der Waals surface area contributed by atoms with Crippen molar-refractivity contribution in [3.05, 3.63) is 0 Å². The van der Waals surface area contributed by atoms with Gasteiger partial charge in [0.2, 0.25) is 0 Å². The first kappa shape index (κ1) is 13.7. The Kier molecular flexibility index (Phi) is 4.08. The zero-order valence-electron chi connectivity index (χ0n) is 12.3. The molecule has 2 fully saturated rings. The van der Waals surface area contributed by atoms with Crippen LogP contribution in [0.3, 0.4) is 0 Å². The van der Waals surface area contributed by atoms with Crippen molar-refractivity contribution >= 4 is 16.9 Å². The van der Waals surface area contributed by atoms with Gasteiger partial charge in [-0.05, 0) is 45.1 Å². The minimum atomic E-state index is 0.565. The molecule has 0 aromatic rings. The number of hydrogen-bond acceptors (Lipinski definition) is 4.